The van der Waals surface area contributed by atoms with Crippen molar-refractivity contribution in [1.82, 2.24) is 13.9 Å². The number of hydrogen-bond acceptors (Lipinski definition) is 6. The van der Waals surface area contributed by atoms with E-state index in [4.69, 9.17) is 0 Å². The van der Waals surface area contributed by atoms with Gasteiger partial charge >= 0.3 is 5.69 Å². The third-order valence-electron chi connectivity index (χ3n) is 5.41. The Hall–Kier alpha value is -2.96. The molecule has 2 N–H and O–H groups in total. The van der Waals surface area contributed by atoms with Gasteiger partial charge in [-0.25, -0.2) is 17.6 Å². The van der Waals surface area contributed by atoms with Gasteiger partial charge in [-0.2, -0.15) is 16.5 Å². The van der Waals surface area contributed by atoms with Crippen LogP contribution in [0.15, 0.2) is 50.9 Å². The van der Waals surface area contributed by atoms with Gasteiger partial charge in [0, 0.05) is 19.8 Å². The molecule has 0 fully saturated rings. The number of fused-ring (bicyclic) bond motifs is 1. The third-order valence-corrected chi connectivity index (χ3v) is 7.53. The van der Waals surface area contributed by atoms with E-state index >= 15 is 0 Å². The first kappa shape index (κ1) is 25.7. The summed E-state index contributed by atoms with van der Waals surface area (Å²) >= 11 is 1.44. The fraction of sp³-hybridized carbons (Fsp3) is 0.318. The minimum Gasteiger partial charge on any atom is -0.325 e. The maximum atomic E-state index is 13.9. The van der Waals surface area contributed by atoms with E-state index in [1.165, 1.54) is 60.8 Å². The number of sulfonamides is 1. The number of nitrogens with zero attached hydrogens (tertiary/aromatic N) is 2. The third kappa shape index (κ3) is 5.24. The summed E-state index contributed by atoms with van der Waals surface area (Å²) in [5, 5.41) is 2.60. The Morgan fingerprint density at radius 2 is 1.82 bits per heavy atom. The molecule has 0 spiro atoms. The number of aryl methyl sites for hydroxylation is 2. The van der Waals surface area contributed by atoms with Crippen LogP contribution >= 0.6 is 11.8 Å². The molecule has 9 nitrogen and oxygen atoms in total. The van der Waals surface area contributed by atoms with Gasteiger partial charge in [0.15, 0.2) is 0 Å². The van der Waals surface area contributed by atoms with Crippen molar-refractivity contribution in [2.24, 2.45) is 14.1 Å². The second-order valence-electron chi connectivity index (χ2n) is 7.79. The summed E-state index contributed by atoms with van der Waals surface area (Å²) in [5.41, 5.74) is -0.264. The molecule has 12 heteroatoms. The van der Waals surface area contributed by atoms with Crippen LogP contribution in [0.1, 0.15) is 12.0 Å². The van der Waals surface area contributed by atoms with Crippen LogP contribution < -0.4 is 21.3 Å². The standard InChI is InChI=1S/C22H25FN4O5S2/c1-13-5-6-14(11-17(13)23)24-20(28)18(9-10-33-4)25-34(31,32)15-7-8-19-16(12-15)21(29)27(3)22(30)26(19)2/h5-8,11-12,18,25H,9-10H2,1-4H3,(H,24,28). The Labute approximate surface area is 200 Å². The number of anilines is 1. The number of benzene rings is 2. The monoisotopic (exact) mass is 508 g/mol. The number of thioether (sulfide) groups is 1. The molecule has 0 aliphatic rings. The van der Waals surface area contributed by atoms with Crippen molar-refractivity contribution in [3.8, 4) is 0 Å². The highest BCUT2D eigenvalue weighted by Crippen LogP contribution is 2.18. The predicted molar refractivity (Wildman–Crippen MR) is 131 cm³/mol. The number of hydrogen-bond donors (Lipinski definition) is 2. The first-order valence-electron chi connectivity index (χ1n) is 10.2. The van der Waals surface area contributed by atoms with Crippen LogP contribution in [0.25, 0.3) is 10.9 Å². The molecule has 3 aromatic rings. The van der Waals surface area contributed by atoms with Crippen LogP contribution in [-0.2, 0) is 28.9 Å². The molecule has 2 aromatic carbocycles. The van der Waals surface area contributed by atoms with Crippen LogP contribution in [0.5, 0.6) is 0 Å². The van der Waals surface area contributed by atoms with Crippen molar-refractivity contribution in [1.29, 1.82) is 0 Å². The summed E-state index contributed by atoms with van der Waals surface area (Å²) in [6, 6.07) is 6.88. The minimum atomic E-state index is -4.22. The number of aromatic nitrogens is 2. The first-order chi connectivity index (χ1) is 16.0. The molecule has 0 saturated carbocycles. The Morgan fingerprint density at radius 3 is 2.47 bits per heavy atom. The number of carbonyl (C=O) groups excluding carboxylic acids is 1. The van der Waals surface area contributed by atoms with Gasteiger partial charge in [-0.1, -0.05) is 6.07 Å². The number of amides is 1. The van der Waals surface area contributed by atoms with E-state index in [1.54, 1.807) is 6.92 Å². The van der Waals surface area contributed by atoms with E-state index < -0.39 is 39.0 Å². The molecule has 0 aliphatic carbocycles. The number of nitrogens with one attached hydrogen (secondary N) is 2. The van der Waals surface area contributed by atoms with Crippen molar-refractivity contribution in [2.45, 2.75) is 24.3 Å². The molecule has 0 radical (unpaired) electrons. The molecule has 1 amide bonds. The molecule has 0 saturated heterocycles. The average Bonchev–Trinajstić information content (AvgIpc) is 2.80. The quantitative estimate of drug-likeness (QED) is 0.478. The number of carbonyl (C=O) groups is 1. The van der Waals surface area contributed by atoms with Crippen molar-refractivity contribution < 1.29 is 17.6 Å². The topological polar surface area (TPSA) is 119 Å². The zero-order valence-corrected chi connectivity index (χ0v) is 20.7. The fourth-order valence-corrected chi connectivity index (χ4v) is 5.10. The van der Waals surface area contributed by atoms with Crippen LogP contribution in [-0.4, -0.2) is 41.5 Å². The van der Waals surface area contributed by atoms with E-state index in [2.05, 4.69) is 10.0 Å². The summed E-state index contributed by atoms with van der Waals surface area (Å²) < 4.78 is 44.6. The van der Waals surface area contributed by atoms with E-state index in [0.717, 1.165) is 10.6 Å². The van der Waals surface area contributed by atoms with Crippen molar-refractivity contribution >= 4 is 44.3 Å². The van der Waals surface area contributed by atoms with Crippen LogP contribution in [0.4, 0.5) is 10.1 Å². The maximum Gasteiger partial charge on any atom is 0.330 e. The Morgan fingerprint density at radius 1 is 1.12 bits per heavy atom. The zero-order valence-electron chi connectivity index (χ0n) is 19.1. The fourth-order valence-electron chi connectivity index (χ4n) is 3.38. The average molecular weight is 509 g/mol. The van der Waals surface area contributed by atoms with Crippen molar-refractivity contribution in [3.05, 3.63) is 68.6 Å². The van der Waals surface area contributed by atoms with Gasteiger partial charge in [0.25, 0.3) is 5.56 Å². The Kier molecular flexibility index (Phi) is 7.64. The molecule has 1 unspecified atom stereocenters. The second kappa shape index (κ2) is 10.1. The molecule has 34 heavy (non-hydrogen) atoms. The highest BCUT2D eigenvalue weighted by Gasteiger charge is 2.26. The van der Waals surface area contributed by atoms with Crippen LogP contribution in [0.3, 0.4) is 0 Å². The highest BCUT2D eigenvalue weighted by molar-refractivity contribution is 7.98. The normalized spacial score (nSPS) is 12.6. The highest BCUT2D eigenvalue weighted by atomic mass is 32.2. The summed E-state index contributed by atoms with van der Waals surface area (Å²) in [4.78, 5) is 37.3. The van der Waals surface area contributed by atoms with Gasteiger partial charge in [-0.15, -0.1) is 0 Å². The van der Waals surface area contributed by atoms with Gasteiger partial charge in [-0.3, -0.25) is 18.7 Å². The molecular formula is C22H25FN4O5S2. The lowest BCUT2D eigenvalue weighted by molar-refractivity contribution is -0.117. The van der Waals surface area contributed by atoms with Gasteiger partial charge in [0.1, 0.15) is 11.9 Å². The summed E-state index contributed by atoms with van der Waals surface area (Å²) in [7, 11) is -1.43. The largest absolute Gasteiger partial charge is 0.330 e. The number of halogens is 1. The maximum absolute atomic E-state index is 13.9. The van der Waals surface area contributed by atoms with Crippen molar-refractivity contribution in [2.75, 3.05) is 17.3 Å². The minimum absolute atomic E-state index is 0.0488. The molecule has 1 heterocycles. The molecule has 0 bridgehead atoms. The first-order valence-corrected chi connectivity index (χ1v) is 13.1. The van der Waals surface area contributed by atoms with Gasteiger partial charge in [0.2, 0.25) is 15.9 Å². The van der Waals surface area contributed by atoms with E-state index in [9.17, 15) is 27.2 Å². The lowest BCUT2D eigenvalue weighted by Crippen LogP contribution is -2.44. The predicted octanol–water partition coefficient (Wildman–Crippen LogP) is 1.72. The summed E-state index contributed by atoms with van der Waals surface area (Å²) in [6.45, 7) is 1.59. The van der Waals surface area contributed by atoms with E-state index in [0.29, 0.717) is 11.3 Å². The second-order valence-corrected chi connectivity index (χ2v) is 10.5. The zero-order chi connectivity index (χ0) is 25.2. The SMILES string of the molecule is CSCCC(NS(=O)(=O)c1ccc2c(c1)c(=O)n(C)c(=O)n2C)C(=O)Nc1ccc(C)c(F)c1. The van der Waals surface area contributed by atoms with Gasteiger partial charge < -0.3 is 5.32 Å². The molecule has 1 aromatic heterocycles. The summed E-state index contributed by atoms with van der Waals surface area (Å²) in [6.07, 6.45) is 2.01. The molecule has 182 valence electrons. The van der Waals surface area contributed by atoms with E-state index in [1.807, 2.05) is 6.26 Å². The van der Waals surface area contributed by atoms with Gasteiger partial charge in [-0.05, 0) is 61.2 Å². The Bertz CT molecular complexity index is 1480. The molecular weight excluding hydrogens is 483 g/mol. The van der Waals surface area contributed by atoms with Gasteiger partial charge in [0.05, 0.1) is 15.8 Å². The lowest BCUT2D eigenvalue weighted by atomic mass is 10.2. The molecule has 0 aliphatic heterocycles. The molecule has 1 atom stereocenters. The lowest BCUT2D eigenvalue weighted by Gasteiger charge is -2.19. The molecule has 3 rings (SSSR count). The van der Waals surface area contributed by atoms with Crippen LogP contribution in [0, 0.1) is 12.7 Å². The number of rotatable bonds is 8. The summed E-state index contributed by atoms with van der Waals surface area (Å²) in [5.74, 6) is -0.644. The smallest absolute Gasteiger partial charge is 0.325 e. The van der Waals surface area contributed by atoms with E-state index in [-0.39, 0.29) is 27.9 Å². The van der Waals surface area contributed by atoms with Crippen molar-refractivity contribution in [3.63, 3.8) is 0 Å². The Balaban J connectivity index is 1.94. The van der Waals surface area contributed by atoms with Crippen LogP contribution in [0.2, 0.25) is 0 Å².